The number of nitrogens with one attached hydrogen (secondary N) is 1. The Hall–Kier alpha value is -1.01. The van der Waals surface area contributed by atoms with Gasteiger partial charge in [0.05, 0.1) is 0 Å². The summed E-state index contributed by atoms with van der Waals surface area (Å²) >= 11 is 0. The minimum absolute atomic E-state index is 0.000486. The van der Waals surface area contributed by atoms with Gasteiger partial charge in [-0.15, -0.1) is 12.3 Å². The Bertz CT molecular complexity index is 203. The van der Waals surface area contributed by atoms with Crippen LogP contribution in [0.15, 0.2) is 0 Å². The summed E-state index contributed by atoms with van der Waals surface area (Å²) in [6, 6.07) is 0. The Morgan fingerprint density at radius 3 is 2.69 bits per heavy atom. The molecule has 74 valence electrons. The molecule has 0 bridgehead atoms. The van der Waals surface area contributed by atoms with Crippen LogP contribution in [0, 0.1) is 17.8 Å². The standard InChI is InChI=1S/C10H18N2O/c1-4-5-6-9(13)12-8-10(2,3)7-11/h1H,5-8,11H2,2-3H3,(H,12,13). The van der Waals surface area contributed by atoms with Crippen LogP contribution < -0.4 is 11.1 Å². The lowest BCUT2D eigenvalue weighted by Crippen LogP contribution is -2.38. The molecule has 0 radical (unpaired) electrons. The van der Waals surface area contributed by atoms with E-state index >= 15 is 0 Å². The zero-order valence-electron chi connectivity index (χ0n) is 8.39. The van der Waals surface area contributed by atoms with Crippen LogP contribution in [0.1, 0.15) is 26.7 Å². The van der Waals surface area contributed by atoms with E-state index in [1.165, 1.54) is 0 Å². The number of rotatable bonds is 5. The van der Waals surface area contributed by atoms with Gasteiger partial charge in [-0.1, -0.05) is 13.8 Å². The monoisotopic (exact) mass is 182 g/mol. The molecule has 3 heteroatoms. The largest absolute Gasteiger partial charge is 0.355 e. The summed E-state index contributed by atoms with van der Waals surface area (Å²) < 4.78 is 0. The molecule has 0 atom stereocenters. The van der Waals surface area contributed by atoms with Crippen LogP contribution in [-0.2, 0) is 4.79 Å². The molecular formula is C10H18N2O. The van der Waals surface area contributed by atoms with E-state index in [1.54, 1.807) is 0 Å². The van der Waals surface area contributed by atoms with Gasteiger partial charge in [0.2, 0.25) is 5.91 Å². The predicted octanol–water partition coefficient (Wildman–Crippen LogP) is 0.501. The van der Waals surface area contributed by atoms with Gasteiger partial charge in [-0.3, -0.25) is 4.79 Å². The molecule has 0 rings (SSSR count). The van der Waals surface area contributed by atoms with E-state index in [2.05, 4.69) is 11.2 Å². The number of terminal acetylenes is 1. The molecule has 0 aliphatic rings. The van der Waals surface area contributed by atoms with Crippen molar-refractivity contribution >= 4 is 5.91 Å². The highest BCUT2D eigenvalue weighted by molar-refractivity contribution is 5.76. The van der Waals surface area contributed by atoms with E-state index in [0.29, 0.717) is 25.9 Å². The topological polar surface area (TPSA) is 55.1 Å². The van der Waals surface area contributed by atoms with Crippen LogP contribution in [0.5, 0.6) is 0 Å². The zero-order chi connectivity index (χ0) is 10.3. The number of hydrogen-bond acceptors (Lipinski definition) is 2. The van der Waals surface area contributed by atoms with Crippen LogP contribution in [0.25, 0.3) is 0 Å². The van der Waals surface area contributed by atoms with E-state index in [0.717, 1.165) is 0 Å². The lowest BCUT2D eigenvalue weighted by atomic mass is 9.94. The van der Waals surface area contributed by atoms with Gasteiger partial charge in [0.1, 0.15) is 0 Å². The predicted molar refractivity (Wildman–Crippen MR) is 53.9 cm³/mol. The van der Waals surface area contributed by atoms with Crippen molar-refractivity contribution in [1.29, 1.82) is 0 Å². The maximum atomic E-state index is 11.1. The summed E-state index contributed by atoms with van der Waals surface area (Å²) in [5, 5.41) is 2.79. The highest BCUT2D eigenvalue weighted by Crippen LogP contribution is 2.09. The molecular weight excluding hydrogens is 164 g/mol. The maximum absolute atomic E-state index is 11.1. The van der Waals surface area contributed by atoms with E-state index in [-0.39, 0.29) is 11.3 Å². The van der Waals surface area contributed by atoms with Crippen LogP contribution in [0.4, 0.5) is 0 Å². The summed E-state index contributed by atoms with van der Waals surface area (Å²) in [6.07, 6.45) is 5.93. The molecule has 3 N–H and O–H groups in total. The Kier molecular flexibility index (Phi) is 5.17. The molecule has 3 nitrogen and oxygen atoms in total. The van der Waals surface area contributed by atoms with Gasteiger partial charge in [-0.2, -0.15) is 0 Å². The van der Waals surface area contributed by atoms with Crippen LogP contribution in [0.3, 0.4) is 0 Å². The Morgan fingerprint density at radius 2 is 2.23 bits per heavy atom. The van der Waals surface area contributed by atoms with E-state index in [4.69, 9.17) is 12.2 Å². The third-order valence-corrected chi connectivity index (χ3v) is 1.81. The van der Waals surface area contributed by atoms with Gasteiger partial charge >= 0.3 is 0 Å². The fourth-order valence-corrected chi connectivity index (χ4v) is 0.684. The highest BCUT2D eigenvalue weighted by Gasteiger charge is 2.15. The second-order valence-electron chi connectivity index (χ2n) is 3.85. The highest BCUT2D eigenvalue weighted by atomic mass is 16.1. The van der Waals surface area contributed by atoms with Crippen molar-refractivity contribution in [3.8, 4) is 12.3 Å². The normalized spacial score (nSPS) is 10.6. The number of nitrogens with two attached hydrogens (primary N) is 1. The lowest BCUT2D eigenvalue weighted by Gasteiger charge is -2.22. The first-order valence-electron chi connectivity index (χ1n) is 4.42. The number of amides is 1. The average molecular weight is 182 g/mol. The summed E-state index contributed by atoms with van der Waals surface area (Å²) in [4.78, 5) is 11.1. The minimum Gasteiger partial charge on any atom is -0.355 e. The van der Waals surface area contributed by atoms with Crippen LogP contribution in [0.2, 0.25) is 0 Å². The molecule has 13 heavy (non-hydrogen) atoms. The molecule has 0 aromatic heterocycles. The summed E-state index contributed by atoms with van der Waals surface area (Å²) in [6.45, 7) is 5.18. The smallest absolute Gasteiger partial charge is 0.220 e. The van der Waals surface area contributed by atoms with Gasteiger partial charge in [-0.05, 0) is 12.0 Å². The van der Waals surface area contributed by atoms with E-state index in [1.807, 2.05) is 13.8 Å². The first kappa shape index (κ1) is 12.0. The minimum atomic E-state index is -0.0359. The van der Waals surface area contributed by atoms with Crippen LogP contribution >= 0.6 is 0 Å². The fourth-order valence-electron chi connectivity index (χ4n) is 0.684. The second kappa shape index (κ2) is 5.60. The molecule has 0 fully saturated rings. The Morgan fingerprint density at radius 1 is 1.62 bits per heavy atom. The molecule has 1 amide bonds. The Labute approximate surface area is 80.1 Å². The third kappa shape index (κ3) is 6.18. The van der Waals surface area contributed by atoms with Crippen molar-refractivity contribution in [3.05, 3.63) is 0 Å². The first-order chi connectivity index (χ1) is 6.02. The lowest BCUT2D eigenvalue weighted by molar-refractivity contribution is -0.121. The molecule has 0 saturated heterocycles. The molecule has 0 unspecified atom stereocenters. The van der Waals surface area contributed by atoms with E-state index in [9.17, 15) is 4.79 Å². The van der Waals surface area contributed by atoms with Crippen molar-refractivity contribution < 1.29 is 4.79 Å². The van der Waals surface area contributed by atoms with Crippen molar-refractivity contribution in [2.24, 2.45) is 11.1 Å². The van der Waals surface area contributed by atoms with Gasteiger partial charge in [0.15, 0.2) is 0 Å². The zero-order valence-corrected chi connectivity index (χ0v) is 8.39. The van der Waals surface area contributed by atoms with Crippen molar-refractivity contribution in [2.45, 2.75) is 26.7 Å². The average Bonchev–Trinajstić information content (AvgIpc) is 2.11. The van der Waals surface area contributed by atoms with Crippen molar-refractivity contribution in [2.75, 3.05) is 13.1 Å². The van der Waals surface area contributed by atoms with Gasteiger partial charge in [0, 0.05) is 19.4 Å². The molecule has 0 aromatic carbocycles. The molecule has 0 saturated carbocycles. The number of hydrogen-bond donors (Lipinski definition) is 2. The molecule has 0 spiro atoms. The summed E-state index contributed by atoms with van der Waals surface area (Å²) in [7, 11) is 0. The molecule has 0 aliphatic heterocycles. The molecule has 0 aromatic rings. The second-order valence-corrected chi connectivity index (χ2v) is 3.85. The maximum Gasteiger partial charge on any atom is 0.220 e. The van der Waals surface area contributed by atoms with Crippen molar-refractivity contribution in [3.63, 3.8) is 0 Å². The Balaban J connectivity index is 3.65. The van der Waals surface area contributed by atoms with Gasteiger partial charge in [-0.25, -0.2) is 0 Å². The molecule has 0 heterocycles. The van der Waals surface area contributed by atoms with Crippen molar-refractivity contribution in [1.82, 2.24) is 5.32 Å². The first-order valence-corrected chi connectivity index (χ1v) is 4.42. The third-order valence-electron chi connectivity index (χ3n) is 1.81. The SMILES string of the molecule is C#CCCC(=O)NCC(C)(C)CN. The summed E-state index contributed by atoms with van der Waals surface area (Å²) in [5.74, 6) is 2.42. The van der Waals surface area contributed by atoms with Gasteiger partial charge < -0.3 is 11.1 Å². The summed E-state index contributed by atoms with van der Waals surface area (Å²) in [5.41, 5.74) is 5.47. The van der Waals surface area contributed by atoms with Crippen LogP contribution in [-0.4, -0.2) is 19.0 Å². The number of carbonyl (C=O) groups excluding carboxylic acids is 1. The van der Waals surface area contributed by atoms with Gasteiger partial charge in [0.25, 0.3) is 0 Å². The number of carbonyl (C=O) groups is 1. The molecule has 0 aliphatic carbocycles. The quantitative estimate of drug-likeness (QED) is 0.608. The van der Waals surface area contributed by atoms with E-state index < -0.39 is 0 Å². The fraction of sp³-hybridized carbons (Fsp3) is 0.700.